The normalized spacial score (nSPS) is 14.6. The van der Waals surface area contributed by atoms with Crippen LogP contribution in [0.1, 0.15) is 36.9 Å². The van der Waals surface area contributed by atoms with E-state index in [4.69, 9.17) is 14.5 Å². The van der Waals surface area contributed by atoms with Crippen molar-refractivity contribution in [2.45, 2.75) is 44.1 Å². The summed E-state index contributed by atoms with van der Waals surface area (Å²) >= 11 is 0. The van der Waals surface area contributed by atoms with E-state index in [9.17, 15) is 9.90 Å². The molecule has 1 atom stereocenters. The van der Waals surface area contributed by atoms with E-state index >= 15 is 0 Å². The molecule has 0 amide bonds. The fourth-order valence-corrected chi connectivity index (χ4v) is 4.11. The van der Waals surface area contributed by atoms with Crippen molar-refractivity contribution in [2.24, 2.45) is 0 Å². The van der Waals surface area contributed by atoms with E-state index in [2.05, 4.69) is 37.6 Å². The minimum Gasteiger partial charge on any atom is -0.480 e. The SMILES string of the molecule is COCCN(CCCCc1ccc2c(n1)NCCC2)CC[C@@](C=O)(CO)Nc1cnc(OC)cn1. The average Bonchev–Trinajstić information content (AvgIpc) is 2.91. The number of pyridine rings is 1. The fourth-order valence-electron chi connectivity index (χ4n) is 4.11. The molecule has 1 aliphatic rings. The number of aliphatic hydroxyl groups is 1. The molecule has 0 saturated heterocycles. The number of aromatic nitrogens is 3. The van der Waals surface area contributed by atoms with E-state index < -0.39 is 5.54 Å². The zero-order valence-corrected chi connectivity index (χ0v) is 20.8. The van der Waals surface area contributed by atoms with Gasteiger partial charge in [-0.1, -0.05) is 6.07 Å². The third-order valence-electron chi connectivity index (χ3n) is 6.32. The van der Waals surface area contributed by atoms with Crippen LogP contribution in [-0.4, -0.2) is 90.4 Å². The van der Waals surface area contributed by atoms with Crippen molar-refractivity contribution in [3.05, 3.63) is 35.8 Å². The number of fused-ring (bicyclic) bond motifs is 1. The summed E-state index contributed by atoms with van der Waals surface area (Å²) in [6, 6.07) is 4.34. The van der Waals surface area contributed by atoms with Crippen molar-refractivity contribution in [1.29, 1.82) is 0 Å². The van der Waals surface area contributed by atoms with Crippen molar-refractivity contribution in [1.82, 2.24) is 19.9 Å². The molecule has 35 heavy (non-hydrogen) atoms. The molecule has 0 aromatic carbocycles. The monoisotopic (exact) mass is 486 g/mol. The molecule has 10 heteroatoms. The van der Waals surface area contributed by atoms with E-state index in [0.717, 1.165) is 69.5 Å². The highest BCUT2D eigenvalue weighted by atomic mass is 16.5. The van der Waals surface area contributed by atoms with Crippen molar-refractivity contribution in [2.75, 3.05) is 64.2 Å². The summed E-state index contributed by atoms with van der Waals surface area (Å²) in [5.41, 5.74) is 1.28. The number of hydrogen-bond acceptors (Lipinski definition) is 10. The van der Waals surface area contributed by atoms with Crippen molar-refractivity contribution < 1.29 is 19.4 Å². The second-order valence-corrected chi connectivity index (χ2v) is 8.88. The Bertz CT molecular complexity index is 913. The number of hydrogen-bond donors (Lipinski definition) is 3. The number of nitrogens with zero attached hydrogens (tertiary/aromatic N) is 4. The first-order valence-corrected chi connectivity index (χ1v) is 12.3. The van der Waals surface area contributed by atoms with Gasteiger partial charge in [-0.2, -0.15) is 0 Å². The van der Waals surface area contributed by atoms with Crippen LogP contribution in [0.2, 0.25) is 0 Å². The number of aliphatic hydroxyl groups excluding tert-OH is 1. The standard InChI is InChI=1S/C25H38N6O4/c1-34-15-14-31(12-4-3-7-21-9-8-20-6-5-11-26-24(20)29-21)13-10-25(18-32,19-33)30-22-16-28-23(35-2)17-27-22/h8-9,16-18,33H,3-7,10-15,19H2,1-2H3,(H,26,29)(H,27,30)/t25-/m1/s1. The maximum atomic E-state index is 12.0. The highest BCUT2D eigenvalue weighted by molar-refractivity contribution is 5.70. The fraction of sp³-hybridized carbons (Fsp3) is 0.600. The van der Waals surface area contributed by atoms with Gasteiger partial charge in [-0.3, -0.25) is 0 Å². The molecule has 0 aliphatic carbocycles. The lowest BCUT2D eigenvalue weighted by Crippen LogP contribution is -2.47. The van der Waals surface area contributed by atoms with Gasteiger partial charge in [-0.25, -0.2) is 15.0 Å². The zero-order chi connectivity index (χ0) is 24.9. The van der Waals surface area contributed by atoms with Crippen LogP contribution in [0.3, 0.4) is 0 Å². The van der Waals surface area contributed by atoms with Gasteiger partial charge in [0, 0.05) is 32.4 Å². The van der Waals surface area contributed by atoms with Gasteiger partial charge >= 0.3 is 0 Å². The number of methoxy groups -OCH3 is 2. The van der Waals surface area contributed by atoms with Gasteiger partial charge in [-0.15, -0.1) is 0 Å². The molecule has 3 rings (SSSR count). The molecule has 0 spiro atoms. The van der Waals surface area contributed by atoms with E-state index in [0.29, 0.717) is 31.3 Å². The number of ether oxygens (including phenoxy) is 2. The highest BCUT2D eigenvalue weighted by Gasteiger charge is 2.30. The summed E-state index contributed by atoms with van der Waals surface area (Å²) in [7, 11) is 3.19. The Morgan fingerprint density at radius 1 is 1.20 bits per heavy atom. The first kappa shape index (κ1) is 26.8. The largest absolute Gasteiger partial charge is 0.480 e. The molecule has 2 aromatic rings. The first-order chi connectivity index (χ1) is 17.1. The highest BCUT2D eigenvalue weighted by Crippen LogP contribution is 2.21. The van der Waals surface area contributed by atoms with Gasteiger partial charge in [0.05, 0.1) is 32.7 Å². The van der Waals surface area contributed by atoms with E-state index in [-0.39, 0.29) is 6.61 Å². The molecule has 0 unspecified atom stereocenters. The summed E-state index contributed by atoms with van der Waals surface area (Å²) in [6.45, 7) is 3.49. The lowest BCUT2D eigenvalue weighted by molar-refractivity contribution is -0.113. The molecule has 3 heterocycles. The van der Waals surface area contributed by atoms with E-state index in [1.165, 1.54) is 25.1 Å². The van der Waals surface area contributed by atoms with Crippen LogP contribution in [0.5, 0.6) is 5.88 Å². The summed E-state index contributed by atoms with van der Waals surface area (Å²) in [5, 5.41) is 16.5. The van der Waals surface area contributed by atoms with Gasteiger partial charge in [-0.05, 0) is 56.7 Å². The number of rotatable bonds is 16. The molecule has 10 nitrogen and oxygen atoms in total. The number of anilines is 2. The molecule has 192 valence electrons. The molecule has 0 radical (unpaired) electrons. The number of carbonyl (C=O) groups is 1. The summed E-state index contributed by atoms with van der Waals surface area (Å²) in [4.78, 5) is 27.3. The Morgan fingerprint density at radius 2 is 2.09 bits per heavy atom. The summed E-state index contributed by atoms with van der Waals surface area (Å²) in [6.07, 6.45) is 9.34. The Kier molecular flexibility index (Phi) is 10.6. The van der Waals surface area contributed by atoms with Crippen molar-refractivity contribution >= 4 is 17.9 Å². The van der Waals surface area contributed by atoms with E-state index in [1.54, 1.807) is 7.11 Å². The molecular weight excluding hydrogens is 448 g/mol. The maximum Gasteiger partial charge on any atom is 0.232 e. The Balaban J connectivity index is 1.51. The number of aldehydes is 1. The smallest absolute Gasteiger partial charge is 0.232 e. The minimum absolute atomic E-state index is 0.347. The molecule has 0 fully saturated rings. The first-order valence-electron chi connectivity index (χ1n) is 12.3. The van der Waals surface area contributed by atoms with Gasteiger partial charge < -0.3 is 34.9 Å². The third-order valence-corrected chi connectivity index (χ3v) is 6.32. The number of unbranched alkanes of at least 4 members (excludes halogenated alkanes) is 1. The van der Waals surface area contributed by atoms with Gasteiger partial charge in [0.1, 0.15) is 23.5 Å². The van der Waals surface area contributed by atoms with Gasteiger partial charge in [0.25, 0.3) is 0 Å². The molecule has 0 saturated carbocycles. The van der Waals surface area contributed by atoms with E-state index in [1.807, 2.05) is 0 Å². The topological polar surface area (TPSA) is 122 Å². The Morgan fingerprint density at radius 3 is 2.80 bits per heavy atom. The van der Waals surface area contributed by atoms with Gasteiger partial charge in [0.2, 0.25) is 5.88 Å². The van der Waals surface area contributed by atoms with Crippen molar-refractivity contribution in [3.8, 4) is 5.88 Å². The number of carbonyl (C=O) groups excluding carboxylic acids is 1. The molecule has 0 bridgehead atoms. The Hall–Kier alpha value is -2.82. The van der Waals surface area contributed by atoms with Crippen molar-refractivity contribution in [3.63, 3.8) is 0 Å². The third kappa shape index (κ3) is 8.12. The van der Waals surface area contributed by atoms with Crippen LogP contribution >= 0.6 is 0 Å². The second kappa shape index (κ2) is 13.9. The van der Waals surface area contributed by atoms with Crippen LogP contribution in [-0.2, 0) is 22.4 Å². The predicted octanol–water partition coefficient (Wildman–Crippen LogP) is 1.94. The molecular formula is C25H38N6O4. The van der Waals surface area contributed by atoms with Crippen LogP contribution in [0, 0.1) is 0 Å². The second-order valence-electron chi connectivity index (χ2n) is 8.88. The summed E-state index contributed by atoms with van der Waals surface area (Å²) < 4.78 is 10.3. The lowest BCUT2D eigenvalue weighted by atomic mass is 9.97. The zero-order valence-electron chi connectivity index (χ0n) is 20.8. The molecule has 1 aliphatic heterocycles. The summed E-state index contributed by atoms with van der Waals surface area (Å²) in [5.74, 6) is 1.82. The average molecular weight is 487 g/mol. The number of nitrogens with one attached hydrogen (secondary N) is 2. The maximum absolute atomic E-state index is 12.0. The lowest BCUT2D eigenvalue weighted by Gasteiger charge is -2.31. The van der Waals surface area contributed by atoms with Crippen LogP contribution in [0.25, 0.3) is 0 Å². The van der Waals surface area contributed by atoms with Crippen LogP contribution in [0.15, 0.2) is 24.5 Å². The predicted molar refractivity (Wildman–Crippen MR) is 135 cm³/mol. The number of aryl methyl sites for hydroxylation is 2. The quantitative estimate of drug-likeness (QED) is 0.240. The minimum atomic E-state index is -1.14. The van der Waals surface area contributed by atoms with Crippen LogP contribution < -0.4 is 15.4 Å². The van der Waals surface area contributed by atoms with Gasteiger partial charge in [0.15, 0.2) is 0 Å². The molecule has 2 aromatic heterocycles. The molecule has 3 N–H and O–H groups in total. The Labute approximate surface area is 207 Å². The van der Waals surface area contributed by atoms with Crippen LogP contribution in [0.4, 0.5) is 11.6 Å².